The van der Waals surface area contributed by atoms with Crippen molar-refractivity contribution in [3.63, 3.8) is 0 Å². The summed E-state index contributed by atoms with van der Waals surface area (Å²) in [7, 11) is 1.81. The van der Waals surface area contributed by atoms with Gasteiger partial charge < -0.3 is 14.7 Å². The van der Waals surface area contributed by atoms with E-state index in [1.54, 1.807) is 9.80 Å². The fraction of sp³-hybridized carbons (Fsp3) is 0.417. The Morgan fingerprint density at radius 2 is 1.69 bits per heavy atom. The van der Waals surface area contributed by atoms with Gasteiger partial charge in [0.25, 0.3) is 0 Å². The van der Waals surface area contributed by atoms with Crippen molar-refractivity contribution in [3.05, 3.63) is 59.7 Å². The highest BCUT2D eigenvalue weighted by molar-refractivity contribution is 5.99. The molecule has 2 aromatic carbocycles. The van der Waals surface area contributed by atoms with Gasteiger partial charge in [-0.1, -0.05) is 30.3 Å². The SMILES string of the molecule is CN(Cc1ccc(N2CCCC2)cc1)C(=O)CN1C(=O)CCCc2ccccc21. The molecule has 0 bridgehead atoms. The van der Waals surface area contributed by atoms with Gasteiger partial charge in [-0.05, 0) is 55.0 Å². The van der Waals surface area contributed by atoms with Crippen LogP contribution in [0.4, 0.5) is 11.4 Å². The molecule has 0 unspecified atom stereocenters. The summed E-state index contributed by atoms with van der Waals surface area (Å²) in [6, 6.07) is 16.4. The minimum atomic E-state index is -0.0429. The molecule has 0 radical (unpaired) electrons. The largest absolute Gasteiger partial charge is 0.372 e. The van der Waals surface area contributed by atoms with E-state index in [1.807, 2.05) is 25.2 Å². The number of carbonyl (C=O) groups excluding carboxylic acids is 2. The van der Waals surface area contributed by atoms with Gasteiger partial charge in [0.05, 0.1) is 0 Å². The zero-order valence-corrected chi connectivity index (χ0v) is 17.1. The van der Waals surface area contributed by atoms with Crippen molar-refractivity contribution < 1.29 is 9.59 Å². The molecule has 4 rings (SSSR count). The molecule has 2 aromatic rings. The smallest absolute Gasteiger partial charge is 0.242 e. The number of para-hydroxylation sites is 1. The van der Waals surface area contributed by atoms with Crippen molar-refractivity contribution >= 4 is 23.2 Å². The van der Waals surface area contributed by atoms with Crippen LogP contribution >= 0.6 is 0 Å². The second kappa shape index (κ2) is 8.68. The lowest BCUT2D eigenvalue weighted by atomic mass is 10.1. The maximum atomic E-state index is 12.9. The van der Waals surface area contributed by atoms with Gasteiger partial charge in [-0.15, -0.1) is 0 Å². The molecule has 2 amide bonds. The number of hydrogen-bond donors (Lipinski definition) is 0. The fourth-order valence-electron chi connectivity index (χ4n) is 4.26. The standard InChI is InChI=1S/C24H29N3O2/c1-25(17-19-11-13-21(14-12-19)26-15-4-5-16-26)24(29)18-27-22-9-3-2-7-20(22)8-6-10-23(27)28/h2-3,7,9,11-14H,4-6,8,10,15-18H2,1H3. The highest BCUT2D eigenvalue weighted by Gasteiger charge is 2.25. The molecule has 0 spiro atoms. The Hall–Kier alpha value is -2.82. The van der Waals surface area contributed by atoms with Crippen molar-refractivity contribution in [3.8, 4) is 0 Å². The number of benzene rings is 2. The highest BCUT2D eigenvalue weighted by atomic mass is 16.2. The molecule has 0 atom stereocenters. The van der Waals surface area contributed by atoms with Gasteiger partial charge in [-0.3, -0.25) is 9.59 Å². The number of likely N-dealkylation sites (N-methyl/N-ethyl adjacent to an activating group) is 1. The van der Waals surface area contributed by atoms with E-state index in [0.29, 0.717) is 13.0 Å². The van der Waals surface area contributed by atoms with E-state index in [9.17, 15) is 9.59 Å². The molecule has 0 aliphatic carbocycles. The van der Waals surface area contributed by atoms with Crippen LogP contribution in [0.15, 0.2) is 48.5 Å². The van der Waals surface area contributed by atoms with E-state index in [4.69, 9.17) is 0 Å². The third-order valence-corrected chi connectivity index (χ3v) is 5.97. The summed E-state index contributed by atoms with van der Waals surface area (Å²) >= 11 is 0. The van der Waals surface area contributed by atoms with E-state index in [-0.39, 0.29) is 18.4 Å². The third kappa shape index (κ3) is 4.44. The van der Waals surface area contributed by atoms with Crippen molar-refractivity contribution in [1.82, 2.24) is 4.90 Å². The van der Waals surface area contributed by atoms with Crippen LogP contribution in [-0.4, -0.2) is 43.4 Å². The molecule has 5 heteroatoms. The minimum Gasteiger partial charge on any atom is -0.372 e. The molecule has 1 fully saturated rings. The number of nitrogens with zero attached hydrogens (tertiary/aromatic N) is 3. The lowest BCUT2D eigenvalue weighted by molar-refractivity contribution is -0.130. The van der Waals surface area contributed by atoms with Crippen LogP contribution in [0.2, 0.25) is 0 Å². The zero-order valence-electron chi connectivity index (χ0n) is 17.1. The molecule has 29 heavy (non-hydrogen) atoms. The second-order valence-corrected chi connectivity index (χ2v) is 8.07. The van der Waals surface area contributed by atoms with E-state index in [1.165, 1.54) is 18.5 Å². The summed E-state index contributed by atoms with van der Waals surface area (Å²) in [6.07, 6.45) is 4.73. The topological polar surface area (TPSA) is 43.9 Å². The Morgan fingerprint density at radius 1 is 0.966 bits per heavy atom. The monoisotopic (exact) mass is 391 g/mol. The molecular weight excluding hydrogens is 362 g/mol. The maximum absolute atomic E-state index is 12.9. The maximum Gasteiger partial charge on any atom is 0.242 e. The first kappa shape index (κ1) is 19.5. The van der Waals surface area contributed by atoms with Crippen molar-refractivity contribution in [2.45, 2.75) is 38.6 Å². The Labute approximate surface area is 172 Å². The Bertz CT molecular complexity index is 872. The number of fused-ring (bicyclic) bond motifs is 1. The van der Waals surface area contributed by atoms with Gasteiger partial charge in [0.2, 0.25) is 11.8 Å². The van der Waals surface area contributed by atoms with Crippen LogP contribution in [0.1, 0.15) is 36.8 Å². The summed E-state index contributed by atoms with van der Waals surface area (Å²) in [5.41, 5.74) is 4.39. The van der Waals surface area contributed by atoms with Crippen LogP contribution in [0.25, 0.3) is 0 Å². The number of rotatable bonds is 5. The zero-order chi connectivity index (χ0) is 20.2. The number of aryl methyl sites for hydroxylation is 1. The first-order chi connectivity index (χ1) is 14.1. The summed E-state index contributed by atoms with van der Waals surface area (Å²) in [6.45, 7) is 2.90. The molecule has 0 saturated carbocycles. The lowest BCUT2D eigenvalue weighted by Gasteiger charge is -2.26. The Balaban J connectivity index is 1.41. The van der Waals surface area contributed by atoms with Crippen LogP contribution in [-0.2, 0) is 22.6 Å². The number of hydrogen-bond acceptors (Lipinski definition) is 3. The average molecular weight is 392 g/mol. The lowest BCUT2D eigenvalue weighted by Crippen LogP contribution is -2.41. The van der Waals surface area contributed by atoms with Crippen LogP contribution in [0.3, 0.4) is 0 Å². The van der Waals surface area contributed by atoms with Crippen molar-refractivity contribution in [2.75, 3.05) is 36.5 Å². The number of anilines is 2. The van der Waals surface area contributed by atoms with Gasteiger partial charge in [0.1, 0.15) is 6.54 Å². The van der Waals surface area contributed by atoms with Crippen molar-refractivity contribution in [2.24, 2.45) is 0 Å². The summed E-state index contributed by atoms with van der Waals surface area (Å²) < 4.78 is 0. The van der Waals surface area contributed by atoms with Crippen LogP contribution in [0.5, 0.6) is 0 Å². The summed E-state index contributed by atoms with van der Waals surface area (Å²) in [5, 5.41) is 0. The van der Waals surface area contributed by atoms with E-state index in [2.05, 4.69) is 35.2 Å². The van der Waals surface area contributed by atoms with E-state index >= 15 is 0 Å². The first-order valence-electron chi connectivity index (χ1n) is 10.6. The van der Waals surface area contributed by atoms with Crippen LogP contribution in [0, 0.1) is 0 Å². The van der Waals surface area contributed by atoms with Gasteiger partial charge in [0.15, 0.2) is 0 Å². The minimum absolute atomic E-state index is 0.0340. The van der Waals surface area contributed by atoms with E-state index in [0.717, 1.165) is 42.7 Å². The van der Waals surface area contributed by atoms with E-state index < -0.39 is 0 Å². The second-order valence-electron chi connectivity index (χ2n) is 8.07. The Kier molecular flexibility index (Phi) is 5.84. The molecule has 2 aliphatic rings. The summed E-state index contributed by atoms with van der Waals surface area (Å²) in [4.78, 5) is 31.3. The van der Waals surface area contributed by atoms with Gasteiger partial charge in [0, 0.05) is 44.5 Å². The first-order valence-corrected chi connectivity index (χ1v) is 10.6. The average Bonchev–Trinajstić information content (AvgIpc) is 3.22. The molecule has 152 valence electrons. The molecule has 1 saturated heterocycles. The molecule has 0 N–H and O–H groups in total. The molecular formula is C24H29N3O2. The Morgan fingerprint density at radius 3 is 2.45 bits per heavy atom. The third-order valence-electron chi connectivity index (χ3n) is 5.97. The van der Waals surface area contributed by atoms with Gasteiger partial charge >= 0.3 is 0 Å². The molecule has 0 aromatic heterocycles. The number of amides is 2. The molecule has 5 nitrogen and oxygen atoms in total. The fourth-order valence-corrected chi connectivity index (χ4v) is 4.26. The van der Waals surface area contributed by atoms with Crippen LogP contribution < -0.4 is 9.80 Å². The number of carbonyl (C=O) groups is 2. The highest BCUT2D eigenvalue weighted by Crippen LogP contribution is 2.27. The van der Waals surface area contributed by atoms with Gasteiger partial charge in [-0.25, -0.2) is 0 Å². The predicted molar refractivity (Wildman–Crippen MR) is 116 cm³/mol. The quantitative estimate of drug-likeness (QED) is 0.782. The molecule has 2 aliphatic heterocycles. The van der Waals surface area contributed by atoms with Crippen molar-refractivity contribution in [1.29, 1.82) is 0 Å². The van der Waals surface area contributed by atoms with Gasteiger partial charge in [-0.2, -0.15) is 0 Å². The normalized spacial score (nSPS) is 16.5. The molecule has 2 heterocycles. The predicted octanol–water partition coefficient (Wildman–Crippen LogP) is 3.61. The summed E-state index contributed by atoms with van der Waals surface area (Å²) in [5.74, 6) is -0.00895.